The first-order valence-electron chi connectivity index (χ1n) is 6.86. The van der Waals surface area contributed by atoms with E-state index in [4.69, 9.17) is 0 Å². The van der Waals surface area contributed by atoms with Gasteiger partial charge < -0.3 is 9.88 Å². The standard InChI is InChI=1S/C15H20N2O2/c18-14(12-17-11-5-4-8-15(17)19)16-10-9-13-6-2-1-3-7-13/h4-6,8,11H,1-3,7,9-10,12H2,(H,16,18). The van der Waals surface area contributed by atoms with Gasteiger partial charge in [-0.1, -0.05) is 17.7 Å². The summed E-state index contributed by atoms with van der Waals surface area (Å²) in [4.78, 5) is 23.2. The van der Waals surface area contributed by atoms with Crippen molar-refractivity contribution in [2.24, 2.45) is 0 Å². The highest BCUT2D eigenvalue weighted by Crippen LogP contribution is 2.19. The van der Waals surface area contributed by atoms with Gasteiger partial charge in [-0.3, -0.25) is 9.59 Å². The van der Waals surface area contributed by atoms with Gasteiger partial charge >= 0.3 is 0 Å². The Labute approximate surface area is 113 Å². The van der Waals surface area contributed by atoms with Crippen LogP contribution in [0.25, 0.3) is 0 Å². The molecule has 1 N–H and O–H groups in total. The van der Waals surface area contributed by atoms with Gasteiger partial charge in [-0.15, -0.1) is 0 Å². The van der Waals surface area contributed by atoms with Crippen LogP contribution < -0.4 is 10.9 Å². The van der Waals surface area contributed by atoms with Crippen LogP contribution in [-0.2, 0) is 11.3 Å². The Balaban J connectivity index is 1.74. The number of allylic oxidation sites excluding steroid dienone is 1. The molecule has 4 heteroatoms. The fraction of sp³-hybridized carbons (Fsp3) is 0.467. The predicted molar refractivity (Wildman–Crippen MR) is 74.9 cm³/mol. The van der Waals surface area contributed by atoms with Crippen molar-refractivity contribution in [2.45, 2.75) is 38.6 Å². The highest BCUT2D eigenvalue weighted by Gasteiger charge is 2.06. The van der Waals surface area contributed by atoms with E-state index < -0.39 is 0 Å². The van der Waals surface area contributed by atoms with Gasteiger partial charge in [0.2, 0.25) is 5.91 Å². The molecule has 1 aliphatic rings. The molecule has 4 nitrogen and oxygen atoms in total. The minimum Gasteiger partial charge on any atom is -0.354 e. The van der Waals surface area contributed by atoms with Gasteiger partial charge in [0, 0.05) is 18.8 Å². The molecule has 1 aromatic rings. The van der Waals surface area contributed by atoms with Gasteiger partial charge in [0.1, 0.15) is 6.54 Å². The molecule has 0 spiro atoms. The molecule has 0 aromatic carbocycles. The van der Waals surface area contributed by atoms with Crippen LogP contribution in [-0.4, -0.2) is 17.0 Å². The molecule has 1 amide bonds. The smallest absolute Gasteiger partial charge is 0.250 e. The lowest BCUT2D eigenvalue weighted by molar-refractivity contribution is -0.121. The van der Waals surface area contributed by atoms with E-state index in [2.05, 4.69) is 11.4 Å². The van der Waals surface area contributed by atoms with Crippen LogP contribution in [0, 0.1) is 0 Å². The van der Waals surface area contributed by atoms with Crippen molar-refractivity contribution in [1.29, 1.82) is 0 Å². The Morgan fingerprint density at radius 1 is 1.32 bits per heavy atom. The zero-order valence-corrected chi connectivity index (χ0v) is 11.1. The first kappa shape index (κ1) is 13.6. The van der Waals surface area contributed by atoms with E-state index in [1.165, 1.54) is 35.5 Å². The molecule has 1 heterocycles. The van der Waals surface area contributed by atoms with Gasteiger partial charge in [-0.25, -0.2) is 0 Å². The zero-order chi connectivity index (χ0) is 13.5. The summed E-state index contributed by atoms with van der Waals surface area (Å²) in [6, 6.07) is 4.88. The maximum atomic E-state index is 11.7. The second-order valence-corrected chi connectivity index (χ2v) is 4.87. The molecule has 2 rings (SSSR count). The van der Waals surface area contributed by atoms with Crippen LogP contribution in [0.2, 0.25) is 0 Å². The zero-order valence-electron chi connectivity index (χ0n) is 11.1. The van der Waals surface area contributed by atoms with Gasteiger partial charge in [0.05, 0.1) is 0 Å². The number of nitrogens with zero attached hydrogens (tertiary/aromatic N) is 1. The summed E-state index contributed by atoms with van der Waals surface area (Å²) in [5, 5.41) is 2.87. The van der Waals surface area contributed by atoms with Crippen molar-refractivity contribution in [1.82, 2.24) is 9.88 Å². The molecule has 0 atom stereocenters. The molecular formula is C15H20N2O2. The first-order valence-corrected chi connectivity index (χ1v) is 6.86. The number of rotatable bonds is 5. The van der Waals surface area contributed by atoms with Gasteiger partial charge in [-0.2, -0.15) is 0 Å². The number of pyridine rings is 1. The van der Waals surface area contributed by atoms with E-state index in [9.17, 15) is 9.59 Å². The molecule has 1 aliphatic carbocycles. The van der Waals surface area contributed by atoms with Crippen LogP contribution in [0.3, 0.4) is 0 Å². The van der Waals surface area contributed by atoms with Crippen molar-refractivity contribution in [2.75, 3.05) is 6.54 Å². The quantitative estimate of drug-likeness (QED) is 0.821. The summed E-state index contributed by atoms with van der Waals surface area (Å²) in [7, 11) is 0. The molecular weight excluding hydrogens is 240 g/mol. The fourth-order valence-electron chi connectivity index (χ4n) is 2.30. The van der Waals surface area contributed by atoms with Crippen molar-refractivity contribution < 1.29 is 4.79 Å². The molecule has 0 saturated heterocycles. The monoisotopic (exact) mass is 260 g/mol. The molecule has 1 aromatic heterocycles. The number of amides is 1. The first-order chi connectivity index (χ1) is 9.25. The number of nitrogens with one attached hydrogen (secondary N) is 1. The largest absolute Gasteiger partial charge is 0.354 e. The summed E-state index contributed by atoms with van der Waals surface area (Å²) >= 11 is 0. The molecule has 102 valence electrons. The Hall–Kier alpha value is -1.84. The van der Waals surface area contributed by atoms with Crippen molar-refractivity contribution in [3.05, 3.63) is 46.4 Å². The topological polar surface area (TPSA) is 51.1 Å². The number of carbonyl (C=O) groups is 1. The molecule has 0 radical (unpaired) electrons. The lowest BCUT2D eigenvalue weighted by atomic mass is 9.97. The number of carbonyl (C=O) groups excluding carboxylic acids is 1. The Morgan fingerprint density at radius 2 is 2.21 bits per heavy atom. The Bertz CT molecular complexity index is 517. The van der Waals surface area contributed by atoms with Crippen LogP contribution in [0.15, 0.2) is 40.8 Å². The highest BCUT2D eigenvalue weighted by atomic mass is 16.2. The van der Waals surface area contributed by atoms with Crippen LogP contribution in [0.1, 0.15) is 32.1 Å². The molecule has 19 heavy (non-hydrogen) atoms. The van der Waals surface area contributed by atoms with Crippen molar-refractivity contribution in [3.8, 4) is 0 Å². The van der Waals surface area contributed by atoms with Crippen molar-refractivity contribution in [3.63, 3.8) is 0 Å². The third-order valence-electron chi connectivity index (χ3n) is 3.37. The predicted octanol–water partition coefficient (Wildman–Crippen LogP) is 1.85. The lowest BCUT2D eigenvalue weighted by Gasteiger charge is -2.13. The van der Waals surface area contributed by atoms with E-state index >= 15 is 0 Å². The second-order valence-electron chi connectivity index (χ2n) is 4.87. The molecule has 0 unspecified atom stereocenters. The SMILES string of the molecule is O=C(Cn1ccccc1=O)NCCC1=CCCCC1. The maximum Gasteiger partial charge on any atom is 0.250 e. The van der Waals surface area contributed by atoms with Crippen LogP contribution in [0.4, 0.5) is 0 Å². The minimum atomic E-state index is -0.146. The average molecular weight is 260 g/mol. The minimum absolute atomic E-state index is 0.0960. The Kier molecular flexibility index (Phi) is 4.95. The molecule has 0 saturated carbocycles. The van der Waals surface area contributed by atoms with E-state index in [0.29, 0.717) is 6.54 Å². The summed E-state index contributed by atoms with van der Waals surface area (Å²) in [6.07, 6.45) is 9.72. The average Bonchev–Trinajstić information content (AvgIpc) is 2.43. The summed E-state index contributed by atoms with van der Waals surface area (Å²) < 4.78 is 1.41. The van der Waals surface area contributed by atoms with Crippen molar-refractivity contribution >= 4 is 5.91 Å². The van der Waals surface area contributed by atoms with Gasteiger partial charge in [-0.05, 0) is 38.2 Å². The van der Waals surface area contributed by atoms with Crippen LogP contribution in [0.5, 0.6) is 0 Å². The van der Waals surface area contributed by atoms with E-state index in [0.717, 1.165) is 12.8 Å². The second kappa shape index (κ2) is 6.92. The molecule has 0 fully saturated rings. The van der Waals surface area contributed by atoms with E-state index in [1.54, 1.807) is 18.3 Å². The fourth-order valence-corrected chi connectivity index (χ4v) is 2.30. The van der Waals surface area contributed by atoms with E-state index in [1.807, 2.05) is 0 Å². The normalized spacial score (nSPS) is 14.8. The number of hydrogen-bond acceptors (Lipinski definition) is 2. The summed E-state index contributed by atoms with van der Waals surface area (Å²) in [5.74, 6) is -0.107. The summed E-state index contributed by atoms with van der Waals surface area (Å²) in [6.45, 7) is 0.755. The van der Waals surface area contributed by atoms with Crippen LogP contribution >= 0.6 is 0 Å². The van der Waals surface area contributed by atoms with Gasteiger partial charge in [0.15, 0.2) is 0 Å². The molecule has 0 bridgehead atoms. The summed E-state index contributed by atoms with van der Waals surface area (Å²) in [5.41, 5.74) is 1.30. The third-order valence-corrected chi connectivity index (χ3v) is 3.37. The van der Waals surface area contributed by atoms with Gasteiger partial charge in [0.25, 0.3) is 5.56 Å². The lowest BCUT2D eigenvalue weighted by Crippen LogP contribution is -2.32. The van der Waals surface area contributed by atoms with E-state index in [-0.39, 0.29) is 18.0 Å². The third kappa shape index (κ3) is 4.39. The molecule has 0 aliphatic heterocycles. The Morgan fingerprint density at radius 3 is 2.95 bits per heavy atom. The number of aromatic nitrogens is 1. The maximum absolute atomic E-state index is 11.7. The number of hydrogen-bond donors (Lipinski definition) is 1. The highest BCUT2D eigenvalue weighted by molar-refractivity contribution is 5.75.